The molecule has 194 valence electrons. The minimum atomic E-state index is -1.05. The van der Waals surface area contributed by atoms with E-state index in [9.17, 15) is 20.1 Å². The fourth-order valence-electron chi connectivity index (χ4n) is 5.10. The minimum Gasteiger partial charge on any atom is -0.393 e. The van der Waals surface area contributed by atoms with Gasteiger partial charge in [0, 0.05) is 37.3 Å². The molecule has 0 aliphatic carbocycles. The van der Waals surface area contributed by atoms with Crippen LogP contribution in [-0.2, 0) is 9.47 Å². The number of nitrogens with zero attached hydrogens (tertiary/aromatic N) is 3. The maximum atomic E-state index is 12.7. The van der Waals surface area contributed by atoms with E-state index in [-0.39, 0.29) is 29.8 Å². The van der Waals surface area contributed by atoms with Crippen molar-refractivity contribution in [3.8, 4) is 0 Å². The molecule has 3 N–H and O–H groups in total. The molecule has 1 aromatic rings. The van der Waals surface area contributed by atoms with Gasteiger partial charge in [0.15, 0.2) is 5.78 Å². The van der Waals surface area contributed by atoms with E-state index in [4.69, 9.17) is 9.47 Å². The van der Waals surface area contributed by atoms with Gasteiger partial charge in [-0.25, -0.2) is 9.97 Å². The van der Waals surface area contributed by atoms with Crippen molar-refractivity contribution in [1.29, 1.82) is 0 Å². The molecule has 35 heavy (non-hydrogen) atoms. The van der Waals surface area contributed by atoms with Gasteiger partial charge in [0.2, 0.25) is 5.95 Å². The molecule has 3 fully saturated rings. The Labute approximate surface area is 207 Å². The minimum absolute atomic E-state index is 0.0221. The molecule has 3 saturated heterocycles. The van der Waals surface area contributed by atoms with Crippen molar-refractivity contribution < 1.29 is 29.6 Å². The molecule has 4 heterocycles. The number of allylic oxidation sites excluding steroid dienone is 1. The van der Waals surface area contributed by atoms with Crippen LogP contribution in [0.25, 0.3) is 0 Å². The number of ether oxygens (including phenoxy) is 2. The Kier molecular flexibility index (Phi) is 8.54. The molecule has 0 radical (unpaired) electrons. The van der Waals surface area contributed by atoms with Crippen molar-refractivity contribution in [2.75, 3.05) is 24.6 Å². The maximum absolute atomic E-state index is 12.7. The number of anilines is 1. The Morgan fingerprint density at radius 3 is 2.49 bits per heavy atom. The van der Waals surface area contributed by atoms with Gasteiger partial charge in [0.1, 0.15) is 6.10 Å². The highest BCUT2D eigenvalue weighted by Gasteiger charge is 2.48. The van der Waals surface area contributed by atoms with Crippen LogP contribution in [0.1, 0.15) is 63.2 Å². The zero-order valence-electron chi connectivity index (χ0n) is 20.9. The molecule has 8 atom stereocenters. The van der Waals surface area contributed by atoms with Gasteiger partial charge in [-0.05, 0) is 52.0 Å². The highest BCUT2D eigenvalue weighted by molar-refractivity contribution is 6.04. The summed E-state index contributed by atoms with van der Waals surface area (Å²) in [5.41, 5.74) is 1.17. The number of aliphatic hydroxyl groups excluding tert-OH is 3. The molecule has 0 amide bonds. The van der Waals surface area contributed by atoms with Gasteiger partial charge in [-0.2, -0.15) is 0 Å². The van der Waals surface area contributed by atoms with Gasteiger partial charge < -0.3 is 29.7 Å². The average molecular weight is 490 g/mol. The van der Waals surface area contributed by atoms with Crippen LogP contribution in [0.4, 0.5) is 5.95 Å². The van der Waals surface area contributed by atoms with Gasteiger partial charge in [-0.15, -0.1) is 0 Å². The van der Waals surface area contributed by atoms with E-state index in [2.05, 4.69) is 14.9 Å². The molecule has 3 aliphatic heterocycles. The Morgan fingerprint density at radius 1 is 1.14 bits per heavy atom. The highest BCUT2D eigenvalue weighted by Crippen LogP contribution is 2.38. The van der Waals surface area contributed by atoms with Crippen LogP contribution in [0.3, 0.4) is 0 Å². The van der Waals surface area contributed by atoms with Gasteiger partial charge in [-0.1, -0.05) is 12.5 Å². The van der Waals surface area contributed by atoms with E-state index in [1.54, 1.807) is 19.3 Å². The molecule has 0 saturated carbocycles. The lowest BCUT2D eigenvalue weighted by Crippen LogP contribution is -2.50. The van der Waals surface area contributed by atoms with Crippen LogP contribution >= 0.6 is 0 Å². The summed E-state index contributed by atoms with van der Waals surface area (Å²) < 4.78 is 11.6. The fourth-order valence-corrected chi connectivity index (χ4v) is 5.10. The molecule has 9 nitrogen and oxygen atoms in total. The monoisotopic (exact) mass is 489 g/mol. The summed E-state index contributed by atoms with van der Waals surface area (Å²) in [6, 6.07) is 0. The maximum Gasteiger partial charge on any atom is 0.225 e. The first-order valence-corrected chi connectivity index (χ1v) is 12.8. The van der Waals surface area contributed by atoms with Crippen LogP contribution in [-0.4, -0.2) is 87.4 Å². The zero-order valence-corrected chi connectivity index (χ0v) is 20.9. The second-order valence-corrected chi connectivity index (χ2v) is 10.5. The summed E-state index contributed by atoms with van der Waals surface area (Å²) >= 11 is 0. The Balaban J connectivity index is 1.27. The molecule has 3 aliphatic rings. The molecule has 9 heteroatoms. The third-order valence-corrected chi connectivity index (χ3v) is 7.64. The summed E-state index contributed by atoms with van der Waals surface area (Å²) in [5.74, 6) is 0.253. The highest BCUT2D eigenvalue weighted by atomic mass is 16.6. The summed E-state index contributed by atoms with van der Waals surface area (Å²) in [7, 11) is 0. The van der Waals surface area contributed by atoms with Crippen molar-refractivity contribution in [2.24, 2.45) is 11.8 Å². The van der Waals surface area contributed by atoms with Gasteiger partial charge in [0.05, 0.1) is 42.7 Å². The zero-order chi connectivity index (χ0) is 25.1. The van der Waals surface area contributed by atoms with Crippen LogP contribution < -0.4 is 4.90 Å². The SMILES string of the molecule is C/C(=C\C(=O)c1cnc(N2CCCCC2)nc1)C[C@@H]1OC[C@H](C[C@@H]2O[C@H]2[C@@H](C)[C@H](C)O)[C@@H](O)[C@H]1O. The van der Waals surface area contributed by atoms with E-state index in [0.717, 1.165) is 31.5 Å². The third kappa shape index (κ3) is 6.46. The van der Waals surface area contributed by atoms with Crippen LogP contribution in [0.15, 0.2) is 24.0 Å². The Bertz CT molecular complexity index is 886. The number of rotatable bonds is 9. The smallest absolute Gasteiger partial charge is 0.225 e. The molecular formula is C26H39N3O6. The number of ketones is 1. The van der Waals surface area contributed by atoms with Crippen LogP contribution in [0.5, 0.6) is 0 Å². The number of aromatic nitrogens is 2. The lowest BCUT2D eigenvalue weighted by Gasteiger charge is -2.38. The molecular weight excluding hydrogens is 450 g/mol. The fraction of sp³-hybridized carbons (Fsp3) is 0.731. The standard InChI is InChI=1S/C26H39N3O6/c1-15(9-20(31)19-12-27-26(28-13-19)29-7-5-4-6-8-29)10-21-24(33)23(32)18(14-34-21)11-22-25(35-22)16(2)17(3)30/h9,12-13,16-18,21-25,30,32-33H,4-8,10-11,14H2,1-3H3/b15-9+/t16-,17-,18-,21-,22-,23+,24-,25-/m0/s1. The number of carbonyl (C=O) groups is 1. The molecule has 4 rings (SSSR count). The molecule has 1 aromatic heterocycles. The van der Waals surface area contributed by atoms with Crippen molar-refractivity contribution >= 4 is 11.7 Å². The van der Waals surface area contributed by atoms with E-state index in [1.165, 1.54) is 12.5 Å². The number of hydrogen-bond acceptors (Lipinski definition) is 9. The van der Waals surface area contributed by atoms with Crippen molar-refractivity contribution in [3.05, 3.63) is 29.6 Å². The van der Waals surface area contributed by atoms with Crippen LogP contribution in [0.2, 0.25) is 0 Å². The number of hydrogen-bond donors (Lipinski definition) is 3. The first-order valence-electron chi connectivity index (χ1n) is 12.8. The molecule has 0 spiro atoms. The predicted octanol–water partition coefficient (Wildman–Crippen LogP) is 1.90. The summed E-state index contributed by atoms with van der Waals surface area (Å²) in [6.45, 7) is 7.70. The molecule has 0 bridgehead atoms. The molecule has 0 unspecified atom stereocenters. The lowest BCUT2D eigenvalue weighted by atomic mass is 9.85. The summed E-state index contributed by atoms with van der Waals surface area (Å²) in [6.07, 6.45) is 5.98. The van der Waals surface area contributed by atoms with E-state index in [0.29, 0.717) is 31.0 Å². The normalized spacial score (nSPS) is 33.3. The van der Waals surface area contributed by atoms with Crippen molar-refractivity contribution in [1.82, 2.24) is 9.97 Å². The average Bonchev–Trinajstić information content (AvgIpc) is 3.63. The van der Waals surface area contributed by atoms with Crippen molar-refractivity contribution in [3.63, 3.8) is 0 Å². The van der Waals surface area contributed by atoms with Crippen molar-refractivity contribution in [2.45, 2.75) is 89.5 Å². The van der Waals surface area contributed by atoms with E-state index >= 15 is 0 Å². The second kappa shape index (κ2) is 11.4. The third-order valence-electron chi connectivity index (χ3n) is 7.64. The first-order chi connectivity index (χ1) is 16.7. The second-order valence-electron chi connectivity index (χ2n) is 10.5. The topological polar surface area (TPSA) is 129 Å². The van der Waals surface area contributed by atoms with Gasteiger partial charge >= 0.3 is 0 Å². The molecule has 0 aromatic carbocycles. The van der Waals surface area contributed by atoms with E-state index in [1.807, 2.05) is 13.8 Å². The number of aliphatic hydroxyl groups is 3. The van der Waals surface area contributed by atoms with Crippen LogP contribution in [0, 0.1) is 11.8 Å². The van der Waals surface area contributed by atoms with Gasteiger partial charge in [0.25, 0.3) is 0 Å². The number of epoxide rings is 1. The quantitative estimate of drug-likeness (QED) is 0.271. The predicted molar refractivity (Wildman–Crippen MR) is 130 cm³/mol. The first kappa shape index (κ1) is 26.2. The number of carbonyl (C=O) groups excluding carboxylic acids is 1. The summed E-state index contributed by atoms with van der Waals surface area (Å²) in [4.78, 5) is 23.6. The number of piperidine rings is 1. The lowest BCUT2D eigenvalue weighted by molar-refractivity contribution is -0.165. The Morgan fingerprint density at radius 2 is 1.83 bits per heavy atom. The van der Waals surface area contributed by atoms with E-state index < -0.39 is 24.4 Å². The van der Waals surface area contributed by atoms with Gasteiger partial charge in [-0.3, -0.25) is 4.79 Å². The largest absolute Gasteiger partial charge is 0.393 e. The Hall–Kier alpha value is -1.91. The summed E-state index contributed by atoms with van der Waals surface area (Å²) in [5, 5.41) is 31.1.